The topological polar surface area (TPSA) is 21.3 Å². The van der Waals surface area contributed by atoms with Crippen molar-refractivity contribution in [2.75, 3.05) is 26.8 Å². The molecule has 1 unspecified atom stereocenters. The molecule has 1 rings (SSSR count). The van der Waals surface area contributed by atoms with Crippen molar-refractivity contribution in [3.63, 3.8) is 0 Å². The molecule has 20 heavy (non-hydrogen) atoms. The lowest BCUT2D eigenvalue weighted by atomic mass is 9.93. The maximum atomic E-state index is 5.09. The van der Waals surface area contributed by atoms with Crippen LogP contribution in [0, 0.1) is 5.92 Å². The Morgan fingerprint density at radius 1 is 1.30 bits per heavy atom. The minimum Gasteiger partial charge on any atom is -0.383 e. The third-order valence-corrected chi connectivity index (χ3v) is 4.04. The zero-order chi connectivity index (χ0) is 14.6. The molecule has 0 aromatic heterocycles. The maximum Gasteiger partial charge on any atom is 0.0587 e. The number of rotatable bonds is 11. The Bertz CT molecular complexity index is 357. The van der Waals surface area contributed by atoms with E-state index in [1.54, 1.807) is 7.11 Å². The van der Waals surface area contributed by atoms with Gasteiger partial charge in [-0.2, -0.15) is 0 Å². The lowest BCUT2D eigenvalue weighted by molar-refractivity contribution is 0.197. The first-order valence-corrected chi connectivity index (χ1v) is 8.49. The molecule has 0 amide bonds. The molecule has 0 aliphatic heterocycles. The van der Waals surface area contributed by atoms with Crippen LogP contribution in [0.5, 0.6) is 0 Å². The van der Waals surface area contributed by atoms with Gasteiger partial charge in [0.05, 0.1) is 6.61 Å². The van der Waals surface area contributed by atoms with Crippen molar-refractivity contribution in [2.45, 2.75) is 39.0 Å². The number of methoxy groups -OCH3 is 1. The lowest BCUT2D eigenvalue weighted by Gasteiger charge is -2.18. The molecule has 0 aliphatic rings. The van der Waals surface area contributed by atoms with E-state index in [4.69, 9.17) is 4.74 Å². The fourth-order valence-corrected chi connectivity index (χ4v) is 2.88. The van der Waals surface area contributed by atoms with Crippen LogP contribution in [0.4, 0.5) is 0 Å². The summed E-state index contributed by atoms with van der Waals surface area (Å²) in [6.45, 7) is 5.08. The highest BCUT2D eigenvalue weighted by Gasteiger charge is 2.09. The van der Waals surface area contributed by atoms with Crippen LogP contribution in [0.1, 0.15) is 38.2 Å². The molecule has 3 heteroatoms. The van der Waals surface area contributed by atoms with Crippen molar-refractivity contribution in [2.24, 2.45) is 5.92 Å². The summed E-state index contributed by atoms with van der Waals surface area (Å²) in [7, 11) is 1.75. The van der Waals surface area contributed by atoms with E-state index in [9.17, 15) is 0 Å². The van der Waals surface area contributed by atoms with E-state index in [-0.39, 0.29) is 0 Å². The summed E-state index contributed by atoms with van der Waals surface area (Å²) in [5, 5.41) is 3.51. The fraction of sp³-hybridized carbons (Fsp3) is 0.647. The third-order valence-electron chi connectivity index (χ3n) is 3.55. The van der Waals surface area contributed by atoms with E-state index >= 15 is 0 Å². The van der Waals surface area contributed by atoms with Crippen LogP contribution in [0.3, 0.4) is 0 Å². The normalized spacial score (nSPS) is 12.6. The number of hydrogen-bond acceptors (Lipinski definition) is 2. The van der Waals surface area contributed by atoms with Gasteiger partial charge in [-0.3, -0.25) is 0 Å². The molecule has 1 atom stereocenters. The Morgan fingerprint density at radius 3 is 2.85 bits per heavy atom. The Balaban J connectivity index is 2.43. The average molecular weight is 342 g/mol. The van der Waals surface area contributed by atoms with Gasteiger partial charge in [-0.15, -0.1) is 0 Å². The van der Waals surface area contributed by atoms with Crippen molar-refractivity contribution in [3.8, 4) is 0 Å². The Labute approximate surface area is 132 Å². The quantitative estimate of drug-likeness (QED) is 0.601. The summed E-state index contributed by atoms with van der Waals surface area (Å²) in [5.41, 5.74) is 1.43. The Hall–Kier alpha value is -0.380. The van der Waals surface area contributed by atoms with Crippen LogP contribution in [0.2, 0.25) is 0 Å². The summed E-state index contributed by atoms with van der Waals surface area (Å²) in [6.07, 6.45) is 6.43. The van der Waals surface area contributed by atoms with Crippen molar-refractivity contribution in [3.05, 3.63) is 34.3 Å². The first kappa shape index (κ1) is 17.7. The van der Waals surface area contributed by atoms with E-state index in [2.05, 4.69) is 52.4 Å². The van der Waals surface area contributed by atoms with Crippen LogP contribution in [-0.4, -0.2) is 26.8 Å². The number of ether oxygens (including phenoxy) is 1. The fourth-order valence-electron chi connectivity index (χ4n) is 2.44. The van der Waals surface area contributed by atoms with E-state index < -0.39 is 0 Å². The van der Waals surface area contributed by atoms with Crippen LogP contribution >= 0.6 is 15.9 Å². The SMILES string of the molecule is CCCCCC(CNCCOC)Cc1cccc(Br)c1. The summed E-state index contributed by atoms with van der Waals surface area (Å²) in [4.78, 5) is 0. The van der Waals surface area contributed by atoms with Crippen molar-refractivity contribution in [1.29, 1.82) is 0 Å². The second-order valence-corrected chi connectivity index (χ2v) is 6.31. The average Bonchev–Trinajstić information content (AvgIpc) is 2.43. The molecule has 1 aromatic carbocycles. The number of hydrogen-bond donors (Lipinski definition) is 1. The molecule has 0 fully saturated rings. The lowest BCUT2D eigenvalue weighted by Crippen LogP contribution is -2.27. The van der Waals surface area contributed by atoms with E-state index in [0.29, 0.717) is 5.92 Å². The predicted molar refractivity (Wildman–Crippen MR) is 90.2 cm³/mol. The minimum atomic E-state index is 0.715. The van der Waals surface area contributed by atoms with Gasteiger partial charge in [0.2, 0.25) is 0 Å². The standard InChI is InChI=1S/C17H28BrNO/c1-3-4-5-7-16(14-19-10-11-20-2)12-15-8-6-9-17(18)13-15/h6,8-9,13,16,19H,3-5,7,10-12,14H2,1-2H3. The van der Waals surface area contributed by atoms with Crippen molar-refractivity contribution in [1.82, 2.24) is 5.32 Å². The Morgan fingerprint density at radius 2 is 2.15 bits per heavy atom. The number of halogens is 1. The number of unbranched alkanes of at least 4 members (excludes halogenated alkanes) is 2. The third kappa shape index (κ3) is 8.03. The number of benzene rings is 1. The summed E-state index contributed by atoms with van der Waals surface area (Å²) >= 11 is 3.56. The molecule has 0 spiro atoms. The van der Waals surface area contributed by atoms with Gasteiger partial charge in [-0.25, -0.2) is 0 Å². The molecule has 0 saturated heterocycles. The van der Waals surface area contributed by atoms with Gasteiger partial charge >= 0.3 is 0 Å². The molecule has 0 radical (unpaired) electrons. The molecule has 0 aliphatic carbocycles. The first-order chi connectivity index (χ1) is 9.76. The minimum absolute atomic E-state index is 0.715. The summed E-state index contributed by atoms with van der Waals surface area (Å²) in [6, 6.07) is 8.68. The smallest absolute Gasteiger partial charge is 0.0587 e. The molecule has 2 nitrogen and oxygen atoms in total. The highest BCUT2D eigenvalue weighted by Crippen LogP contribution is 2.18. The van der Waals surface area contributed by atoms with E-state index in [1.807, 2.05) is 0 Å². The van der Waals surface area contributed by atoms with Gasteiger partial charge in [0.1, 0.15) is 0 Å². The van der Waals surface area contributed by atoms with Crippen LogP contribution < -0.4 is 5.32 Å². The van der Waals surface area contributed by atoms with Gasteiger partial charge in [-0.05, 0) is 43.0 Å². The zero-order valence-corrected chi connectivity index (χ0v) is 14.4. The van der Waals surface area contributed by atoms with Gasteiger partial charge in [0, 0.05) is 18.1 Å². The molecule has 1 N–H and O–H groups in total. The van der Waals surface area contributed by atoms with Gasteiger partial charge in [0.15, 0.2) is 0 Å². The van der Waals surface area contributed by atoms with Gasteiger partial charge in [0.25, 0.3) is 0 Å². The summed E-state index contributed by atoms with van der Waals surface area (Å²) in [5.74, 6) is 0.715. The highest BCUT2D eigenvalue weighted by atomic mass is 79.9. The molecule has 114 valence electrons. The van der Waals surface area contributed by atoms with Crippen LogP contribution in [-0.2, 0) is 11.2 Å². The highest BCUT2D eigenvalue weighted by molar-refractivity contribution is 9.10. The summed E-state index contributed by atoms with van der Waals surface area (Å²) < 4.78 is 6.26. The van der Waals surface area contributed by atoms with Gasteiger partial charge < -0.3 is 10.1 Å². The van der Waals surface area contributed by atoms with Crippen molar-refractivity contribution < 1.29 is 4.74 Å². The largest absolute Gasteiger partial charge is 0.383 e. The molecule has 0 heterocycles. The molecular formula is C17H28BrNO. The van der Waals surface area contributed by atoms with Crippen LogP contribution in [0.25, 0.3) is 0 Å². The second-order valence-electron chi connectivity index (χ2n) is 5.39. The van der Waals surface area contributed by atoms with Gasteiger partial charge in [-0.1, -0.05) is 54.2 Å². The predicted octanol–water partition coefficient (Wildman–Crippen LogP) is 4.42. The second kappa shape index (κ2) is 11.3. The molecule has 0 bridgehead atoms. The molecular weight excluding hydrogens is 314 g/mol. The first-order valence-electron chi connectivity index (χ1n) is 7.70. The van der Waals surface area contributed by atoms with E-state index in [1.165, 1.54) is 35.7 Å². The van der Waals surface area contributed by atoms with E-state index in [0.717, 1.165) is 26.1 Å². The van der Waals surface area contributed by atoms with Crippen molar-refractivity contribution >= 4 is 15.9 Å². The molecule has 1 aromatic rings. The molecule has 0 saturated carbocycles. The Kier molecular flexibility index (Phi) is 9.98. The van der Waals surface area contributed by atoms with Crippen LogP contribution in [0.15, 0.2) is 28.7 Å². The number of nitrogens with one attached hydrogen (secondary N) is 1. The zero-order valence-electron chi connectivity index (χ0n) is 12.8. The maximum absolute atomic E-state index is 5.09. The monoisotopic (exact) mass is 341 g/mol.